The van der Waals surface area contributed by atoms with Crippen molar-refractivity contribution in [3.63, 3.8) is 0 Å². The van der Waals surface area contributed by atoms with Crippen molar-refractivity contribution < 1.29 is 4.79 Å². The number of benzene rings is 1. The number of hydrogen-bond acceptors (Lipinski definition) is 5. The molecule has 3 rings (SSSR count). The Hall–Kier alpha value is -1.79. The van der Waals surface area contributed by atoms with Crippen LogP contribution in [0.15, 0.2) is 35.6 Å². The zero-order chi connectivity index (χ0) is 19.2. The molecule has 1 amide bonds. The maximum atomic E-state index is 12.3. The third kappa shape index (κ3) is 5.36. The van der Waals surface area contributed by atoms with Gasteiger partial charge >= 0.3 is 0 Å². The van der Waals surface area contributed by atoms with Gasteiger partial charge in [-0.3, -0.25) is 4.79 Å². The Balaban J connectivity index is 1.61. The molecule has 1 N–H and O–H groups in total. The van der Waals surface area contributed by atoms with Crippen molar-refractivity contribution in [1.29, 1.82) is 0 Å². The van der Waals surface area contributed by atoms with Gasteiger partial charge in [0, 0.05) is 29.4 Å². The van der Waals surface area contributed by atoms with Gasteiger partial charge in [-0.1, -0.05) is 36.4 Å². The van der Waals surface area contributed by atoms with E-state index in [-0.39, 0.29) is 5.91 Å². The van der Waals surface area contributed by atoms with Crippen molar-refractivity contribution in [1.82, 2.24) is 9.97 Å². The zero-order valence-corrected chi connectivity index (χ0v) is 17.3. The Morgan fingerprint density at radius 3 is 3.00 bits per heavy atom. The van der Waals surface area contributed by atoms with Gasteiger partial charge in [0.25, 0.3) is 0 Å². The van der Waals surface area contributed by atoms with Gasteiger partial charge in [-0.2, -0.15) is 0 Å². The van der Waals surface area contributed by atoms with E-state index in [0.717, 1.165) is 35.1 Å². The minimum Gasteiger partial charge on any atom is -0.354 e. The first-order valence-electron chi connectivity index (χ1n) is 9.34. The molecule has 1 aromatic carbocycles. The molecule has 1 fully saturated rings. The Morgan fingerprint density at radius 2 is 2.19 bits per heavy atom. The van der Waals surface area contributed by atoms with Gasteiger partial charge in [-0.25, -0.2) is 9.97 Å². The van der Waals surface area contributed by atoms with Crippen LogP contribution in [0.1, 0.15) is 38.2 Å². The standard InChI is InChI=1S/C20H25ClN4OS/c1-3-16-6-4-5-9-25(16)18-11-20(23-13-22-18)27-12-19(26)24-17-10-15(21)8-7-14(17)2/h7-8,10-11,13,16H,3-6,9,12H2,1-2H3,(H,24,26)/t16-/m1/s1. The molecule has 0 saturated carbocycles. The molecule has 0 bridgehead atoms. The van der Waals surface area contributed by atoms with Crippen LogP contribution in [-0.4, -0.2) is 34.2 Å². The van der Waals surface area contributed by atoms with Crippen LogP contribution in [0, 0.1) is 6.92 Å². The molecule has 1 atom stereocenters. The molecule has 144 valence electrons. The fourth-order valence-electron chi connectivity index (χ4n) is 3.35. The summed E-state index contributed by atoms with van der Waals surface area (Å²) in [5.41, 5.74) is 1.73. The van der Waals surface area contributed by atoms with E-state index in [4.69, 9.17) is 11.6 Å². The SMILES string of the molecule is CC[C@@H]1CCCCN1c1cc(SCC(=O)Nc2cc(Cl)ccc2C)ncn1. The molecule has 1 saturated heterocycles. The number of carbonyl (C=O) groups is 1. The van der Waals surface area contributed by atoms with Crippen molar-refractivity contribution in [2.75, 3.05) is 22.5 Å². The van der Waals surface area contributed by atoms with Gasteiger partial charge in [-0.15, -0.1) is 0 Å². The Morgan fingerprint density at radius 1 is 1.33 bits per heavy atom. The highest BCUT2D eigenvalue weighted by Gasteiger charge is 2.22. The van der Waals surface area contributed by atoms with Crippen LogP contribution in [0.5, 0.6) is 0 Å². The molecule has 1 aromatic heterocycles. The van der Waals surface area contributed by atoms with Gasteiger partial charge in [0.15, 0.2) is 0 Å². The van der Waals surface area contributed by atoms with Gasteiger partial charge in [0.05, 0.1) is 5.75 Å². The number of aromatic nitrogens is 2. The number of nitrogens with one attached hydrogen (secondary N) is 1. The Bertz CT molecular complexity index is 801. The van der Waals surface area contributed by atoms with E-state index < -0.39 is 0 Å². The van der Waals surface area contributed by atoms with Gasteiger partial charge < -0.3 is 10.2 Å². The van der Waals surface area contributed by atoms with E-state index in [1.54, 1.807) is 12.4 Å². The summed E-state index contributed by atoms with van der Waals surface area (Å²) in [6.07, 6.45) is 6.41. The highest BCUT2D eigenvalue weighted by Crippen LogP contribution is 2.27. The lowest BCUT2D eigenvalue weighted by atomic mass is 10.0. The summed E-state index contributed by atoms with van der Waals surface area (Å²) >= 11 is 7.43. The first kappa shape index (κ1) is 20.0. The monoisotopic (exact) mass is 404 g/mol. The van der Waals surface area contributed by atoms with E-state index >= 15 is 0 Å². The number of rotatable bonds is 6. The summed E-state index contributed by atoms with van der Waals surface area (Å²) < 4.78 is 0. The number of nitrogens with zero attached hydrogens (tertiary/aromatic N) is 3. The largest absolute Gasteiger partial charge is 0.354 e. The lowest BCUT2D eigenvalue weighted by Crippen LogP contribution is -2.39. The van der Waals surface area contributed by atoms with Crippen molar-refractivity contribution in [2.24, 2.45) is 0 Å². The van der Waals surface area contributed by atoms with Crippen LogP contribution < -0.4 is 10.2 Å². The van der Waals surface area contributed by atoms with Crippen LogP contribution in [-0.2, 0) is 4.79 Å². The molecule has 0 spiro atoms. The minimum absolute atomic E-state index is 0.0741. The normalized spacial score (nSPS) is 17.0. The van der Waals surface area contributed by atoms with E-state index in [1.807, 2.05) is 25.1 Å². The predicted octanol–water partition coefficient (Wildman–Crippen LogP) is 4.94. The molecular weight excluding hydrogens is 380 g/mol. The highest BCUT2D eigenvalue weighted by molar-refractivity contribution is 7.99. The van der Waals surface area contributed by atoms with Crippen LogP contribution >= 0.6 is 23.4 Å². The first-order chi connectivity index (χ1) is 13.1. The van der Waals surface area contributed by atoms with Crippen molar-refractivity contribution in [2.45, 2.75) is 50.6 Å². The number of halogens is 1. The number of aryl methyl sites for hydroxylation is 1. The van der Waals surface area contributed by atoms with Crippen LogP contribution in [0.25, 0.3) is 0 Å². The molecule has 7 heteroatoms. The number of anilines is 2. The number of amides is 1. The summed E-state index contributed by atoms with van der Waals surface area (Å²) in [7, 11) is 0. The third-order valence-electron chi connectivity index (χ3n) is 4.85. The molecular formula is C20H25ClN4OS. The second-order valence-corrected chi connectivity index (χ2v) is 8.19. The van der Waals surface area contributed by atoms with E-state index in [1.165, 1.54) is 31.0 Å². The van der Waals surface area contributed by atoms with Crippen molar-refractivity contribution in [3.8, 4) is 0 Å². The average Bonchev–Trinajstić information content (AvgIpc) is 2.69. The lowest BCUT2D eigenvalue weighted by molar-refractivity contribution is -0.113. The van der Waals surface area contributed by atoms with Crippen LogP contribution in [0.2, 0.25) is 5.02 Å². The van der Waals surface area contributed by atoms with Gasteiger partial charge in [0.1, 0.15) is 17.2 Å². The molecule has 0 aliphatic carbocycles. The fourth-order valence-corrected chi connectivity index (χ4v) is 4.18. The van der Waals surface area contributed by atoms with Crippen LogP contribution in [0.4, 0.5) is 11.5 Å². The molecule has 2 aromatic rings. The van der Waals surface area contributed by atoms with Crippen molar-refractivity contribution in [3.05, 3.63) is 41.2 Å². The molecule has 0 unspecified atom stereocenters. The quantitative estimate of drug-likeness (QED) is 0.546. The summed E-state index contributed by atoms with van der Waals surface area (Å²) in [6, 6.07) is 8.01. The minimum atomic E-state index is -0.0741. The molecule has 0 radical (unpaired) electrons. The summed E-state index contributed by atoms with van der Waals surface area (Å²) in [5, 5.41) is 4.34. The number of piperidine rings is 1. The van der Waals surface area contributed by atoms with E-state index in [9.17, 15) is 4.79 Å². The van der Waals surface area contributed by atoms with Crippen molar-refractivity contribution >= 4 is 40.8 Å². The molecule has 5 nitrogen and oxygen atoms in total. The summed E-state index contributed by atoms with van der Waals surface area (Å²) in [4.78, 5) is 23.5. The summed E-state index contributed by atoms with van der Waals surface area (Å²) in [6.45, 7) is 5.20. The maximum Gasteiger partial charge on any atom is 0.234 e. The van der Waals surface area contributed by atoms with Crippen LogP contribution in [0.3, 0.4) is 0 Å². The predicted molar refractivity (Wildman–Crippen MR) is 113 cm³/mol. The topological polar surface area (TPSA) is 58.1 Å². The second kappa shape index (κ2) is 9.42. The smallest absolute Gasteiger partial charge is 0.234 e. The number of carbonyl (C=O) groups excluding carboxylic acids is 1. The van der Waals surface area contributed by atoms with Gasteiger partial charge in [0.2, 0.25) is 5.91 Å². The van der Waals surface area contributed by atoms with E-state index in [0.29, 0.717) is 16.8 Å². The number of hydrogen-bond donors (Lipinski definition) is 1. The Kier molecular flexibility index (Phi) is 6.96. The van der Waals surface area contributed by atoms with E-state index in [2.05, 4.69) is 27.1 Å². The fraction of sp³-hybridized carbons (Fsp3) is 0.450. The highest BCUT2D eigenvalue weighted by atomic mass is 35.5. The zero-order valence-electron chi connectivity index (χ0n) is 15.7. The lowest BCUT2D eigenvalue weighted by Gasteiger charge is -2.36. The maximum absolute atomic E-state index is 12.3. The molecule has 2 heterocycles. The first-order valence-corrected chi connectivity index (χ1v) is 10.7. The molecule has 27 heavy (non-hydrogen) atoms. The summed E-state index contributed by atoms with van der Waals surface area (Å²) in [5.74, 6) is 1.18. The second-order valence-electron chi connectivity index (χ2n) is 6.76. The third-order valence-corrected chi connectivity index (χ3v) is 6.01. The molecule has 1 aliphatic heterocycles. The van der Waals surface area contributed by atoms with Gasteiger partial charge in [-0.05, 0) is 50.3 Å². The Labute approximate surface area is 169 Å². The number of thioether (sulfide) groups is 1. The molecule has 1 aliphatic rings. The average molecular weight is 405 g/mol.